The van der Waals surface area contributed by atoms with Gasteiger partial charge in [0.2, 0.25) is 11.1 Å². The number of rotatable bonds is 6. The molecule has 8 nitrogen and oxygen atoms in total. The number of morpholine rings is 1. The third kappa shape index (κ3) is 4.41. The number of hydrogen-bond acceptors (Lipinski definition) is 7. The second kappa shape index (κ2) is 9.06. The van der Waals surface area contributed by atoms with E-state index < -0.39 is 5.25 Å². The Morgan fingerprint density at radius 2 is 1.83 bits per heavy atom. The summed E-state index contributed by atoms with van der Waals surface area (Å²) in [4.78, 5) is 15.2. The topological polar surface area (TPSA) is 82.4 Å². The molecule has 0 bridgehead atoms. The summed E-state index contributed by atoms with van der Waals surface area (Å²) in [6.07, 6.45) is 0. The SMILES string of the molecule is COc1ccc(-n2nnnc2S[C@@H](C(=O)N2CCOCC2)c2ccccc2)cc1. The quantitative estimate of drug-likeness (QED) is 0.576. The van der Waals surface area contributed by atoms with Gasteiger partial charge in [0.05, 0.1) is 26.0 Å². The summed E-state index contributed by atoms with van der Waals surface area (Å²) in [6.45, 7) is 2.29. The fourth-order valence-electron chi connectivity index (χ4n) is 3.08. The number of hydrogen-bond donors (Lipinski definition) is 0. The summed E-state index contributed by atoms with van der Waals surface area (Å²) >= 11 is 1.35. The molecule has 1 amide bonds. The summed E-state index contributed by atoms with van der Waals surface area (Å²) in [6, 6.07) is 17.2. The van der Waals surface area contributed by atoms with Crippen molar-refractivity contribution in [1.29, 1.82) is 0 Å². The van der Waals surface area contributed by atoms with Gasteiger partial charge in [0, 0.05) is 13.1 Å². The Morgan fingerprint density at radius 3 is 2.52 bits per heavy atom. The fraction of sp³-hybridized carbons (Fsp3) is 0.300. The molecule has 1 saturated heterocycles. The first kappa shape index (κ1) is 19.4. The Kier molecular flexibility index (Phi) is 6.06. The molecule has 150 valence electrons. The smallest absolute Gasteiger partial charge is 0.240 e. The van der Waals surface area contributed by atoms with E-state index in [1.54, 1.807) is 11.8 Å². The fourth-order valence-corrected chi connectivity index (χ4v) is 4.16. The molecular formula is C20H21N5O3S. The molecule has 1 aromatic heterocycles. The van der Waals surface area contributed by atoms with Crippen molar-refractivity contribution in [2.45, 2.75) is 10.4 Å². The van der Waals surface area contributed by atoms with Crippen LogP contribution in [0.1, 0.15) is 10.8 Å². The number of amides is 1. The number of tetrazole rings is 1. The molecule has 9 heteroatoms. The number of aromatic nitrogens is 4. The first-order chi connectivity index (χ1) is 14.3. The van der Waals surface area contributed by atoms with Crippen molar-refractivity contribution in [2.24, 2.45) is 0 Å². The lowest BCUT2D eigenvalue weighted by atomic mass is 10.1. The maximum absolute atomic E-state index is 13.3. The van der Waals surface area contributed by atoms with Gasteiger partial charge >= 0.3 is 0 Å². The standard InChI is InChI=1S/C20H21N5O3S/c1-27-17-9-7-16(8-10-17)25-20(21-22-23-25)29-18(15-5-3-2-4-6-15)19(26)24-11-13-28-14-12-24/h2-10,18H,11-14H2,1H3/t18-/m1/s1. The number of carbonyl (C=O) groups is 1. The van der Waals surface area contributed by atoms with E-state index in [9.17, 15) is 4.79 Å². The van der Waals surface area contributed by atoms with Crippen molar-refractivity contribution in [2.75, 3.05) is 33.4 Å². The molecule has 1 atom stereocenters. The van der Waals surface area contributed by atoms with Crippen molar-refractivity contribution < 1.29 is 14.3 Å². The molecule has 1 fully saturated rings. The van der Waals surface area contributed by atoms with Crippen LogP contribution < -0.4 is 4.74 Å². The zero-order chi connectivity index (χ0) is 20.1. The highest BCUT2D eigenvalue weighted by Crippen LogP contribution is 2.36. The summed E-state index contributed by atoms with van der Waals surface area (Å²) in [5.74, 6) is 0.787. The lowest BCUT2D eigenvalue weighted by Gasteiger charge is -2.30. The highest BCUT2D eigenvalue weighted by Gasteiger charge is 2.30. The highest BCUT2D eigenvalue weighted by atomic mass is 32.2. The van der Waals surface area contributed by atoms with Crippen LogP contribution in [0, 0.1) is 0 Å². The van der Waals surface area contributed by atoms with Gasteiger partial charge in [-0.1, -0.05) is 42.1 Å². The Balaban J connectivity index is 1.63. The van der Waals surface area contributed by atoms with Crippen molar-refractivity contribution in [3.8, 4) is 11.4 Å². The van der Waals surface area contributed by atoms with Crippen LogP contribution in [-0.4, -0.2) is 64.4 Å². The molecular weight excluding hydrogens is 390 g/mol. The first-order valence-electron chi connectivity index (χ1n) is 9.27. The molecule has 1 aliphatic heterocycles. The van der Waals surface area contributed by atoms with Gasteiger partial charge in [0.1, 0.15) is 11.0 Å². The van der Waals surface area contributed by atoms with Crippen molar-refractivity contribution in [3.05, 3.63) is 60.2 Å². The predicted octanol–water partition coefficient (Wildman–Crippen LogP) is 2.36. The van der Waals surface area contributed by atoms with E-state index in [1.807, 2.05) is 59.5 Å². The Morgan fingerprint density at radius 1 is 1.10 bits per heavy atom. The Bertz CT molecular complexity index is 942. The third-order valence-corrected chi connectivity index (χ3v) is 5.81. The van der Waals surface area contributed by atoms with E-state index in [0.29, 0.717) is 31.5 Å². The molecule has 29 heavy (non-hydrogen) atoms. The van der Waals surface area contributed by atoms with Gasteiger partial charge in [-0.3, -0.25) is 4.79 Å². The number of ether oxygens (including phenoxy) is 2. The van der Waals surface area contributed by atoms with Crippen LogP contribution in [0.4, 0.5) is 0 Å². The molecule has 0 N–H and O–H groups in total. The summed E-state index contributed by atoms with van der Waals surface area (Å²) in [5.41, 5.74) is 1.71. The maximum Gasteiger partial charge on any atom is 0.240 e. The minimum absolute atomic E-state index is 0.0359. The van der Waals surface area contributed by atoms with Gasteiger partial charge in [-0.05, 0) is 40.3 Å². The van der Waals surface area contributed by atoms with E-state index >= 15 is 0 Å². The molecule has 0 radical (unpaired) electrons. The monoisotopic (exact) mass is 411 g/mol. The van der Waals surface area contributed by atoms with Crippen molar-refractivity contribution in [1.82, 2.24) is 25.1 Å². The molecule has 0 saturated carbocycles. The summed E-state index contributed by atoms with van der Waals surface area (Å²) < 4.78 is 12.2. The molecule has 0 aliphatic carbocycles. The second-order valence-electron chi connectivity index (χ2n) is 6.42. The van der Waals surface area contributed by atoms with Gasteiger partial charge in [0.15, 0.2) is 0 Å². The lowest BCUT2D eigenvalue weighted by molar-refractivity contribution is -0.134. The molecule has 2 aromatic carbocycles. The van der Waals surface area contributed by atoms with Crippen LogP contribution in [0.3, 0.4) is 0 Å². The van der Waals surface area contributed by atoms with Gasteiger partial charge in [-0.25, -0.2) is 0 Å². The van der Waals surface area contributed by atoms with E-state index in [-0.39, 0.29) is 5.91 Å². The van der Waals surface area contributed by atoms with Crippen LogP contribution in [0.2, 0.25) is 0 Å². The normalized spacial score (nSPS) is 15.1. The van der Waals surface area contributed by atoms with Gasteiger partial charge in [0.25, 0.3) is 0 Å². The average molecular weight is 411 g/mol. The van der Waals surface area contributed by atoms with Gasteiger partial charge in [-0.15, -0.1) is 5.10 Å². The van der Waals surface area contributed by atoms with Crippen LogP contribution in [0.25, 0.3) is 5.69 Å². The largest absolute Gasteiger partial charge is 0.497 e. The highest BCUT2D eigenvalue weighted by molar-refractivity contribution is 8.00. The lowest BCUT2D eigenvalue weighted by Crippen LogP contribution is -2.42. The molecule has 1 aliphatic rings. The zero-order valence-electron chi connectivity index (χ0n) is 16.0. The van der Waals surface area contributed by atoms with Crippen LogP contribution in [0.15, 0.2) is 59.8 Å². The Hall–Kier alpha value is -2.91. The summed E-state index contributed by atoms with van der Waals surface area (Å²) in [5, 5.41) is 12.2. The van der Waals surface area contributed by atoms with E-state index in [1.165, 1.54) is 11.8 Å². The number of carbonyl (C=O) groups excluding carboxylic acids is 1. The van der Waals surface area contributed by atoms with E-state index in [4.69, 9.17) is 9.47 Å². The molecule has 0 spiro atoms. The van der Waals surface area contributed by atoms with Crippen LogP contribution in [-0.2, 0) is 9.53 Å². The number of nitrogens with zero attached hydrogens (tertiary/aromatic N) is 5. The van der Waals surface area contributed by atoms with Crippen LogP contribution in [0.5, 0.6) is 5.75 Å². The molecule has 0 unspecified atom stereocenters. The Labute approximate surface area is 172 Å². The number of benzene rings is 2. The minimum Gasteiger partial charge on any atom is -0.497 e. The molecule has 2 heterocycles. The molecule has 4 rings (SSSR count). The van der Waals surface area contributed by atoms with Gasteiger partial charge < -0.3 is 14.4 Å². The van der Waals surface area contributed by atoms with Crippen LogP contribution >= 0.6 is 11.8 Å². The van der Waals surface area contributed by atoms with Crippen molar-refractivity contribution in [3.63, 3.8) is 0 Å². The number of thioether (sulfide) groups is 1. The minimum atomic E-state index is -0.447. The summed E-state index contributed by atoms with van der Waals surface area (Å²) in [7, 11) is 1.62. The van der Waals surface area contributed by atoms with E-state index in [0.717, 1.165) is 17.0 Å². The third-order valence-electron chi connectivity index (χ3n) is 4.63. The average Bonchev–Trinajstić information content (AvgIpc) is 3.26. The first-order valence-corrected chi connectivity index (χ1v) is 10.1. The second-order valence-corrected chi connectivity index (χ2v) is 7.49. The molecule has 3 aromatic rings. The van der Waals surface area contributed by atoms with E-state index in [2.05, 4.69) is 15.5 Å². The van der Waals surface area contributed by atoms with Crippen molar-refractivity contribution >= 4 is 17.7 Å². The maximum atomic E-state index is 13.3. The predicted molar refractivity (Wildman–Crippen MR) is 108 cm³/mol. The zero-order valence-corrected chi connectivity index (χ0v) is 16.8. The van der Waals surface area contributed by atoms with Gasteiger partial charge in [-0.2, -0.15) is 4.68 Å². The number of methoxy groups -OCH3 is 1.